The molecule has 1 saturated heterocycles. The lowest BCUT2D eigenvalue weighted by molar-refractivity contribution is -0.155. The SMILES string of the molecule is CC1(C(=O)O)CN(C(=O)c2nonc2NC(=O)OCC2c3ccccc3-c3ccccc32)C1. The van der Waals surface area contributed by atoms with Crippen molar-refractivity contribution < 1.29 is 28.9 Å². The van der Waals surface area contributed by atoms with Gasteiger partial charge in [0.1, 0.15) is 12.0 Å². The van der Waals surface area contributed by atoms with Crippen molar-refractivity contribution >= 4 is 23.8 Å². The lowest BCUT2D eigenvalue weighted by Crippen LogP contribution is -2.60. The molecule has 2 N–H and O–H groups in total. The lowest BCUT2D eigenvalue weighted by atomic mass is 9.82. The number of hydrogen-bond donors (Lipinski definition) is 2. The molecule has 3 aromatic rings. The quantitative estimate of drug-likeness (QED) is 0.608. The molecule has 0 unspecified atom stereocenters. The molecule has 5 rings (SSSR count). The van der Waals surface area contributed by atoms with E-state index in [0.29, 0.717) is 0 Å². The number of nitrogens with zero attached hydrogens (tertiary/aromatic N) is 3. The second kappa shape index (κ2) is 7.73. The van der Waals surface area contributed by atoms with Gasteiger partial charge in [0.05, 0.1) is 0 Å². The van der Waals surface area contributed by atoms with Crippen molar-refractivity contribution in [3.63, 3.8) is 0 Å². The number of fused-ring (bicyclic) bond motifs is 3. The predicted octanol–water partition coefficient (Wildman–Crippen LogP) is 2.98. The number of likely N-dealkylation sites (tertiary alicyclic amines) is 1. The molecule has 10 nitrogen and oxygen atoms in total. The number of anilines is 1. The van der Waals surface area contributed by atoms with Crippen LogP contribution in [-0.2, 0) is 9.53 Å². The molecule has 0 spiro atoms. The van der Waals surface area contributed by atoms with Crippen molar-refractivity contribution in [1.29, 1.82) is 0 Å². The van der Waals surface area contributed by atoms with Gasteiger partial charge in [-0.15, -0.1) is 0 Å². The van der Waals surface area contributed by atoms with Gasteiger partial charge in [0, 0.05) is 19.0 Å². The first-order valence-electron chi connectivity index (χ1n) is 10.3. The van der Waals surface area contributed by atoms with Crippen molar-refractivity contribution in [1.82, 2.24) is 15.2 Å². The van der Waals surface area contributed by atoms with Crippen molar-refractivity contribution in [2.24, 2.45) is 5.41 Å². The largest absolute Gasteiger partial charge is 0.481 e. The number of carboxylic acid groups (broad SMARTS) is 1. The number of ether oxygens (including phenoxy) is 1. The summed E-state index contributed by atoms with van der Waals surface area (Å²) in [5.74, 6) is -1.86. The average Bonchev–Trinajstić information content (AvgIpc) is 3.37. The topological polar surface area (TPSA) is 135 Å². The van der Waals surface area contributed by atoms with E-state index < -0.39 is 23.4 Å². The number of aliphatic carboxylic acids is 1. The minimum Gasteiger partial charge on any atom is -0.481 e. The molecule has 1 aromatic heterocycles. The molecular formula is C23H20N4O6. The number of aromatic nitrogens is 2. The number of nitrogens with one attached hydrogen (secondary N) is 1. The highest BCUT2D eigenvalue weighted by atomic mass is 16.6. The third-order valence-electron chi connectivity index (χ3n) is 6.14. The highest BCUT2D eigenvalue weighted by Gasteiger charge is 2.48. The molecule has 0 bridgehead atoms. The standard InChI is InChI=1S/C23H20N4O6/c1-23(21(29)30)11-27(12-23)20(28)18-19(26-33-25-18)24-22(31)32-10-17-15-8-4-2-6-13(15)14-7-3-5-9-16(14)17/h2-9,17H,10-12H2,1H3,(H,29,30)(H,24,26,31). The van der Waals surface area contributed by atoms with Gasteiger partial charge in [-0.05, 0) is 39.5 Å². The predicted molar refractivity (Wildman–Crippen MR) is 115 cm³/mol. The lowest BCUT2D eigenvalue weighted by Gasteiger charge is -2.44. The summed E-state index contributed by atoms with van der Waals surface area (Å²) in [7, 11) is 0. The Kier molecular flexibility index (Phi) is 4.85. The average molecular weight is 448 g/mol. The minimum absolute atomic E-state index is 0.0262. The molecule has 2 heterocycles. The third kappa shape index (κ3) is 3.49. The summed E-state index contributed by atoms with van der Waals surface area (Å²) in [6.45, 7) is 1.70. The fourth-order valence-electron chi connectivity index (χ4n) is 4.37. The summed E-state index contributed by atoms with van der Waals surface area (Å²) in [4.78, 5) is 37.6. The number of carbonyl (C=O) groups excluding carboxylic acids is 2. The van der Waals surface area contributed by atoms with Gasteiger partial charge < -0.3 is 14.7 Å². The van der Waals surface area contributed by atoms with Crippen LogP contribution < -0.4 is 5.32 Å². The number of benzene rings is 2. The van der Waals surface area contributed by atoms with Gasteiger partial charge in [-0.3, -0.25) is 14.9 Å². The second-order valence-corrected chi connectivity index (χ2v) is 8.44. The minimum atomic E-state index is -1.01. The molecule has 0 radical (unpaired) electrons. The van der Waals surface area contributed by atoms with E-state index in [9.17, 15) is 19.5 Å². The molecule has 1 aliphatic heterocycles. The van der Waals surface area contributed by atoms with E-state index in [2.05, 4.69) is 20.3 Å². The summed E-state index contributed by atoms with van der Waals surface area (Å²) >= 11 is 0. The van der Waals surface area contributed by atoms with Crippen LogP contribution in [0.3, 0.4) is 0 Å². The van der Waals surface area contributed by atoms with Crippen LogP contribution in [0.1, 0.15) is 34.5 Å². The Labute approximate surface area is 188 Å². The van der Waals surface area contributed by atoms with Gasteiger partial charge in [-0.25, -0.2) is 9.42 Å². The van der Waals surface area contributed by atoms with Crippen LogP contribution >= 0.6 is 0 Å². The van der Waals surface area contributed by atoms with Crippen molar-refractivity contribution in [3.8, 4) is 11.1 Å². The summed E-state index contributed by atoms with van der Waals surface area (Å²) in [6, 6.07) is 15.9. The normalized spacial score (nSPS) is 15.8. The zero-order valence-electron chi connectivity index (χ0n) is 17.6. The molecule has 1 aliphatic carbocycles. The van der Waals surface area contributed by atoms with Crippen LogP contribution in [0.25, 0.3) is 11.1 Å². The van der Waals surface area contributed by atoms with E-state index in [1.165, 1.54) is 4.90 Å². The number of hydrogen-bond acceptors (Lipinski definition) is 7. The van der Waals surface area contributed by atoms with Crippen LogP contribution in [0, 0.1) is 5.41 Å². The van der Waals surface area contributed by atoms with Gasteiger partial charge in [0.25, 0.3) is 5.91 Å². The maximum Gasteiger partial charge on any atom is 0.412 e. The molecule has 0 atom stereocenters. The van der Waals surface area contributed by atoms with Gasteiger partial charge >= 0.3 is 12.1 Å². The number of rotatable bonds is 5. The second-order valence-electron chi connectivity index (χ2n) is 8.44. The zero-order chi connectivity index (χ0) is 23.2. The first-order valence-corrected chi connectivity index (χ1v) is 10.3. The molecule has 168 valence electrons. The number of carboxylic acids is 1. The van der Waals surface area contributed by atoms with Crippen LogP contribution in [0.5, 0.6) is 0 Å². The summed E-state index contributed by atoms with van der Waals surface area (Å²) in [6.07, 6.45) is -0.805. The van der Waals surface area contributed by atoms with E-state index in [1.807, 2.05) is 48.5 Å². The molecule has 33 heavy (non-hydrogen) atoms. The van der Waals surface area contributed by atoms with Gasteiger partial charge in [-0.1, -0.05) is 48.5 Å². The molecular weight excluding hydrogens is 428 g/mol. The summed E-state index contributed by atoms with van der Waals surface area (Å²) < 4.78 is 10.1. The van der Waals surface area contributed by atoms with Crippen molar-refractivity contribution in [3.05, 3.63) is 65.4 Å². The fraction of sp³-hybridized carbons (Fsp3) is 0.261. The molecule has 1 fully saturated rings. The van der Waals surface area contributed by atoms with Gasteiger partial charge in [0.15, 0.2) is 0 Å². The van der Waals surface area contributed by atoms with Crippen molar-refractivity contribution in [2.45, 2.75) is 12.8 Å². The maximum atomic E-state index is 12.6. The molecule has 10 heteroatoms. The molecule has 2 amide bonds. The maximum absolute atomic E-state index is 12.6. The first-order chi connectivity index (χ1) is 15.9. The third-order valence-corrected chi connectivity index (χ3v) is 6.14. The van der Waals surface area contributed by atoms with Crippen LogP contribution in [-0.4, -0.2) is 58.0 Å². The zero-order valence-corrected chi connectivity index (χ0v) is 17.6. The Morgan fingerprint density at radius 1 is 1.09 bits per heavy atom. The highest BCUT2D eigenvalue weighted by Crippen LogP contribution is 2.44. The fourth-order valence-corrected chi connectivity index (χ4v) is 4.37. The van der Waals surface area contributed by atoms with Gasteiger partial charge in [0.2, 0.25) is 11.5 Å². The van der Waals surface area contributed by atoms with E-state index in [1.54, 1.807) is 6.92 Å². The smallest absolute Gasteiger partial charge is 0.412 e. The Bertz CT molecular complexity index is 1220. The highest BCUT2D eigenvalue weighted by molar-refractivity contribution is 6.00. The van der Waals surface area contributed by atoms with Crippen molar-refractivity contribution in [2.75, 3.05) is 25.0 Å². The Morgan fingerprint density at radius 3 is 2.30 bits per heavy atom. The molecule has 2 aliphatic rings. The monoisotopic (exact) mass is 448 g/mol. The van der Waals surface area contributed by atoms with Gasteiger partial charge in [-0.2, -0.15) is 0 Å². The van der Waals surface area contributed by atoms with Crippen LogP contribution in [0.2, 0.25) is 0 Å². The van der Waals surface area contributed by atoms with E-state index in [4.69, 9.17) is 4.74 Å². The van der Waals surface area contributed by atoms with Crippen LogP contribution in [0.4, 0.5) is 10.6 Å². The molecule has 2 aromatic carbocycles. The first kappa shape index (κ1) is 20.7. The van der Waals surface area contributed by atoms with E-state index in [-0.39, 0.29) is 37.1 Å². The molecule has 0 saturated carbocycles. The number of amides is 2. The van der Waals surface area contributed by atoms with E-state index in [0.717, 1.165) is 22.3 Å². The van der Waals surface area contributed by atoms with E-state index >= 15 is 0 Å². The number of carbonyl (C=O) groups is 3. The summed E-state index contributed by atoms with van der Waals surface area (Å²) in [5, 5.41) is 18.8. The Hall–Kier alpha value is -4.21. The summed E-state index contributed by atoms with van der Waals surface area (Å²) in [5.41, 5.74) is 3.15. The Morgan fingerprint density at radius 2 is 1.70 bits per heavy atom. The van der Waals surface area contributed by atoms with Crippen LogP contribution in [0.15, 0.2) is 53.2 Å². The Balaban J connectivity index is 1.24.